The number of carbonyl (C=O) groups is 1. The Kier molecular flexibility index (Phi) is 3.32. The number of hydrogen-bond donors (Lipinski definition) is 3. The van der Waals surface area contributed by atoms with E-state index in [9.17, 15) is 4.79 Å². The van der Waals surface area contributed by atoms with Crippen molar-refractivity contribution >= 4 is 11.6 Å². The standard InChI is InChI=1S/C13H16N4O/c1-8-10(4-3-5-12(8)14)6-15-13(18)11-7-16-17-9(11)2/h3-5,7H,6,14H2,1-2H3,(H,15,18)(H,16,17). The highest BCUT2D eigenvalue weighted by Crippen LogP contribution is 2.15. The fraction of sp³-hybridized carbons (Fsp3) is 0.231. The second-order valence-electron chi connectivity index (χ2n) is 4.22. The number of aryl methyl sites for hydroxylation is 1. The summed E-state index contributed by atoms with van der Waals surface area (Å²) in [5, 5.41) is 9.42. The summed E-state index contributed by atoms with van der Waals surface area (Å²) in [5.74, 6) is -0.136. The highest BCUT2D eigenvalue weighted by molar-refractivity contribution is 5.94. The Morgan fingerprint density at radius 1 is 1.44 bits per heavy atom. The first-order chi connectivity index (χ1) is 8.59. The summed E-state index contributed by atoms with van der Waals surface area (Å²) in [6.45, 7) is 4.22. The molecule has 1 heterocycles. The molecule has 0 saturated heterocycles. The number of rotatable bonds is 3. The average Bonchev–Trinajstić information content (AvgIpc) is 2.77. The first kappa shape index (κ1) is 12.2. The van der Waals surface area contributed by atoms with E-state index in [2.05, 4.69) is 15.5 Å². The fourth-order valence-electron chi connectivity index (χ4n) is 1.75. The molecule has 4 N–H and O–H groups in total. The molecule has 0 aliphatic heterocycles. The lowest BCUT2D eigenvalue weighted by Gasteiger charge is -2.09. The molecule has 1 aromatic carbocycles. The molecule has 2 aromatic rings. The van der Waals surface area contributed by atoms with E-state index in [0.29, 0.717) is 12.1 Å². The van der Waals surface area contributed by atoms with Crippen LogP contribution in [-0.2, 0) is 6.54 Å². The van der Waals surface area contributed by atoms with E-state index >= 15 is 0 Å². The van der Waals surface area contributed by atoms with Crippen LogP contribution >= 0.6 is 0 Å². The second-order valence-corrected chi connectivity index (χ2v) is 4.22. The van der Waals surface area contributed by atoms with Gasteiger partial charge in [-0.2, -0.15) is 5.10 Å². The van der Waals surface area contributed by atoms with Gasteiger partial charge in [-0.15, -0.1) is 0 Å². The summed E-state index contributed by atoms with van der Waals surface area (Å²) in [4.78, 5) is 11.9. The zero-order valence-corrected chi connectivity index (χ0v) is 10.4. The lowest BCUT2D eigenvalue weighted by atomic mass is 10.1. The Morgan fingerprint density at radius 3 is 2.89 bits per heavy atom. The summed E-state index contributed by atoms with van der Waals surface area (Å²) < 4.78 is 0. The van der Waals surface area contributed by atoms with Crippen LogP contribution in [0.15, 0.2) is 24.4 Å². The van der Waals surface area contributed by atoms with Crippen LogP contribution in [0.1, 0.15) is 27.2 Å². The predicted molar refractivity (Wildman–Crippen MR) is 70.1 cm³/mol. The number of nitrogens with one attached hydrogen (secondary N) is 2. The summed E-state index contributed by atoms with van der Waals surface area (Å²) in [6, 6.07) is 5.68. The molecule has 0 bridgehead atoms. The molecule has 0 unspecified atom stereocenters. The first-order valence-corrected chi connectivity index (χ1v) is 5.71. The summed E-state index contributed by atoms with van der Waals surface area (Å²) >= 11 is 0. The van der Waals surface area contributed by atoms with E-state index < -0.39 is 0 Å². The molecule has 1 amide bonds. The summed E-state index contributed by atoms with van der Waals surface area (Å²) in [7, 11) is 0. The molecule has 2 rings (SSSR count). The van der Waals surface area contributed by atoms with Gasteiger partial charge in [-0.1, -0.05) is 12.1 Å². The van der Waals surface area contributed by atoms with Crippen LogP contribution in [0.2, 0.25) is 0 Å². The van der Waals surface area contributed by atoms with Gasteiger partial charge in [-0.05, 0) is 31.0 Å². The molecular weight excluding hydrogens is 228 g/mol. The topological polar surface area (TPSA) is 83.8 Å². The van der Waals surface area contributed by atoms with Gasteiger partial charge in [0.1, 0.15) is 0 Å². The van der Waals surface area contributed by atoms with E-state index in [1.54, 1.807) is 0 Å². The molecular formula is C13H16N4O. The Labute approximate surface area is 105 Å². The van der Waals surface area contributed by atoms with Gasteiger partial charge in [0, 0.05) is 17.9 Å². The smallest absolute Gasteiger partial charge is 0.255 e. The minimum atomic E-state index is -0.136. The normalized spacial score (nSPS) is 10.3. The van der Waals surface area contributed by atoms with Crippen LogP contribution in [0.4, 0.5) is 5.69 Å². The third kappa shape index (κ3) is 2.34. The second kappa shape index (κ2) is 4.91. The van der Waals surface area contributed by atoms with Gasteiger partial charge >= 0.3 is 0 Å². The van der Waals surface area contributed by atoms with Crippen molar-refractivity contribution in [1.82, 2.24) is 15.5 Å². The molecule has 0 spiro atoms. The average molecular weight is 244 g/mol. The Balaban J connectivity index is 2.06. The maximum absolute atomic E-state index is 11.9. The lowest BCUT2D eigenvalue weighted by molar-refractivity contribution is 0.0950. The van der Waals surface area contributed by atoms with Crippen molar-refractivity contribution < 1.29 is 4.79 Å². The molecule has 0 atom stereocenters. The Hall–Kier alpha value is -2.30. The SMILES string of the molecule is Cc1[nH]ncc1C(=O)NCc1cccc(N)c1C. The van der Waals surface area contributed by atoms with E-state index in [4.69, 9.17) is 5.73 Å². The third-order valence-electron chi connectivity index (χ3n) is 3.00. The molecule has 0 fully saturated rings. The van der Waals surface area contributed by atoms with Crippen LogP contribution < -0.4 is 11.1 Å². The van der Waals surface area contributed by atoms with Gasteiger partial charge in [-0.25, -0.2) is 0 Å². The number of nitrogen functional groups attached to an aromatic ring is 1. The Morgan fingerprint density at radius 2 is 2.22 bits per heavy atom. The van der Waals surface area contributed by atoms with Gasteiger partial charge in [0.05, 0.1) is 11.8 Å². The van der Waals surface area contributed by atoms with Crippen molar-refractivity contribution in [1.29, 1.82) is 0 Å². The van der Waals surface area contributed by atoms with Crippen LogP contribution in [0.5, 0.6) is 0 Å². The maximum Gasteiger partial charge on any atom is 0.255 e. The summed E-state index contributed by atoms with van der Waals surface area (Å²) in [5.41, 5.74) is 9.90. The van der Waals surface area contributed by atoms with Crippen LogP contribution in [0, 0.1) is 13.8 Å². The van der Waals surface area contributed by atoms with Crippen molar-refractivity contribution in [3.8, 4) is 0 Å². The largest absolute Gasteiger partial charge is 0.399 e. The highest BCUT2D eigenvalue weighted by atomic mass is 16.1. The number of benzene rings is 1. The quantitative estimate of drug-likeness (QED) is 0.716. The van der Waals surface area contributed by atoms with Gasteiger partial charge in [0.2, 0.25) is 0 Å². The number of aromatic amines is 1. The van der Waals surface area contributed by atoms with E-state index in [1.807, 2.05) is 32.0 Å². The predicted octanol–water partition coefficient (Wildman–Crippen LogP) is 1.54. The van der Waals surface area contributed by atoms with Gasteiger partial charge in [0.15, 0.2) is 0 Å². The van der Waals surface area contributed by atoms with Crippen molar-refractivity contribution in [2.75, 3.05) is 5.73 Å². The molecule has 1 aromatic heterocycles. The lowest BCUT2D eigenvalue weighted by Crippen LogP contribution is -2.23. The van der Waals surface area contributed by atoms with E-state index in [-0.39, 0.29) is 5.91 Å². The zero-order chi connectivity index (χ0) is 13.1. The van der Waals surface area contributed by atoms with Crippen LogP contribution in [0.3, 0.4) is 0 Å². The molecule has 5 heteroatoms. The number of nitrogens with two attached hydrogens (primary N) is 1. The molecule has 0 aliphatic carbocycles. The van der Waals surface area contributed by atoms with E-state index in [0.717, 1.165) is 22.5 Å². The van der Waals surface area contributed by atoms with Crippen LogP contribution in [0.25, 0.3) is 0 Å². The number of nitrogens with zero attached hydrogens (tertiary/aromatic N) is 1. The summed E-state index contributed by atoms with van der Waals surface area (Å²) in [6.07, 6.45) is 1.52. The molecule has 5 nitrogen and oxygen atoms in total. The van der Waals surface area contributed by atoms with Crippen molar-refractivity contribution in [2.24, 2.45) is 0 Å². The minimum Gasteiger partial charge on any atom is -0.399 e. The Bertz CT molecular complexity index is 574. The number of hydrogen-bond acceptors (Lipinski definition) is 3. The number of carbonyl (C=O) groups excluding carboxylic acids is 1. The number of H-pyrrole nitrogens is 1. The minimum absolute atomic E-state index is 0.136. The van der Waals surface area contributed by atoms with Crippen molar-refractivity contribution in [3.05, 3.63) is 46.8 Å². The monoisotopic (exact) mass is 244 g/mol. The van der Waals surface area contributed by atoms with Crippen molar-refractivity contribution in [2.45, 2.75) is 20.4 Å². The third-order valence-corrected chi connectivity index (χ3v) is 3.00. The molecule has 0 saturated carbocycles. The van der Waals surface area contributed by atoms with Gasteiger partial charge in [-0.3, -0.25) is 9.89 Å². The number of anilines is 1. The van der Waals surface area contributed by atoms with E-state index in [1.165, 1.54) is 6.20 Å². The molecule has 18 heavy (non-hydrogen) atoms. The first-order valence-electron chi connectivity index (χ1n) is 5.71. The van der Waals surface area contributed by atoms with Gasteiger partial charge in [0.25, 0.3) is 5.91 Å². The maximum atomic E-state index is 11.9. The fourth-order valence-corrected chi connectivity index (χ4v) is 1.75. The van der Waals surface area contributed by atoms with Crippen molar-refractivity contribution in [3.63, 3.8) is 0 Å². The molecule has 0 radical (unpaired) electrons. The number of amides is 1. The van der Waals surface area contributed by atoms with Gasteiger partial charge < -0.3 is 11.1 Å². The zero-order valence-electron chi connectivity index (χ0n) is 10.4. The highest BCUT2D eigenvalue weighted by Gasteiger charge is 2.10. The molecule has 0 aliphatic rings. The van der Waals surface area contributed by atoms with Crippen LogP contribution in [-0.4, -0.2) is 16.1 Å². The number of aromatic nitrogens is 2. The molecule has 94 valence electrons.